The van der Waals surface area contributed by atoms with Crippen molar-refractivity contribution in [3.05, 3.63) is 29.8 Å². The molecule has 0 heterocycles. The van der Waals surface area contributed by atoms with Gasteiger partial charge in [0, 0.05) is 16.9 Å². The lowest BCUT2D eigenvalue weighted by Gasteiger charge is -2.18. The molecule has 2 N–H and O–H groups in total. The van der Waals surface area contributed by atoms with E-state index in [4.69, 9.17) is 5.11 Å². The molecule has 1 aromatic rings. The Kier molecular flexibility index (Phi) is 5.42. The number of thioether (sulfide) groups is 1. The first-order valence-corrected chi connectivity index (χ1v) is 7.14. The topological polar surface area (TPSA) is 66.4 Å². The zero-order chi connectivity index (χ0) is 14.5. The summed E-state index contributed by atoms with van der Waals surface area (Å²) in [7, 11) is 0. The Labute approximate surface area is 117 Å². The Hall–Kier alpha value is -1.49. The summed E-state index contributed by atoms with van der Waals surface area (Å²) in [6.07, 6.45) is 0. The average molecular weight is 281 g/mol. The van der Waals surface area contributed by atoms with Crippen LogP contribution in [0.25, 0.3) is 0 Å². The van der Waals surface area contributed by atoms with E-state index in [0.717, 1.165) is 11.3 Å². The standard InChI is InChI=1S/C14H19NO3S/c1-14(2,3)13(18)15-11-6-4-5-10(7-11)8-19-9-12(16)17/h4-7H,8-9H2,1-3H3,(H,15,18)(H,16,17). The molecule has 0 aliphatic carbocycles. The highest BCUT2D eigenvalue weighted by molar-refractivity contribution is 7.99. The first-order chi connectivity index (χ1) is 8.79. The third-order valence-electron chi connectivity index (χ3n) is 2.36. The zero-order valence-corrected chi connectivity index (χ0v) is 12.2. The highest BCUT2D eigenvalue weighted by atomic mass is 32.2. The van der Waals surface area contributed by atoms with Gasteiger partial charge in [0.1, 0.15) is 0 Å². The van der Waals surface area contributed by atoms with Crippen LogP contribution in [0.15, 0.2) is 24.3 Å². The van der Waals surface area contributed by atoms with Crippen molar-refractivity contribution in [2.75, 3.05) is 11.1 Å². The average Bonchev–Trinajstić information content (AvgIpc) is 2.27. The lowest BCUT2D eigenvalue weighted by molar-refractivity contribution is -0.133. The van der Waals surface area contributed by atoms with Gasteiger partial charge in [-0.05, 0) is 17.7 Å². The van der Waals surface area contributed by atoms with Crippen molar-refractivity contribution in [3.63, 3.8) is 0 Å². The largest absolute Gasteiger partial charge is 0.481 e. The highest BCUT2D eigenvalue weighted by Gasteiger charge is 2.21. The molecule has 4 nitrogen and oxygen atoms in total. The number of carbonyl (C=O) groups is 2. The fourth-order valence-electron chi connectivity index (χ4n) is 1.31. The molecular formula is C14H19NO3S. The summed E-state index contributed by atoms with van der Waals surface area (Å²) in [6, 6.07) is 7.48. The summed E-state index contributed by atoms with van der Waals surface area (Å²) < 4.78 is 0. The van der Waals surface area contributed by atoms with Gasteiger partial charge in [-0.15, -0.1) is 11.8 Å². The predicted octanol–water partition coefficient (Wildman–Crippen LogP) is 2.99. The molecule has 1 amide bonds. The Bertz CT molecular complexity index is 466. The summed E-state index contributed by atoms with van der Waals surface area (Å²) in [5, 5.41) is 11.4. The minimum Gasteiger partial charge on any atom is -0.481 e. The number of carboxylic acids is 1. The number of hydrogen-bond donors (Lipinski definition) is 2. The van der Waals surface area contributed by atoms with E-state index in [2.05, 4.69) is 5.32 Å². The monoisotopic (exact) mass is 281 g/mol. The van der Waals surface area contributed by atoms with E-state index in [9.17, 15) is 9.59 Å². The van der Waals surface area contributed by atoms with Crippen LogP contribution in [0, 0.1) is 5.41 Å². The Morgan fingerprint density at radius 1 is 1.32 bits per heavy atom. The van der Waals surface area contributed by atoms with E-state index < -0.39 is 11.4 Å². The second-order valence-electron chi connectivity index (χ2n) is 5.29. The minimum atomic E-state index is -0.817. The molecule has 5 heteroatoms. The van der Waals surface area contributed by atoms with Crippen molar-refractivity contribution < 1.29 is 14.7 Å². The van der Waals surface area contributed by atoms with Crippen LogP contribution in [0.1, 0.15) is 26.3 Å². The molecule has 0 unspecified atom stereocenters. The van der Waals surface area contributed by atoms with Crippen molar-refractivity contribution in [3.8, 4) is 0 Å². The van der Waals surface area contributed by atoms with Crippen LogP contribution in [0.2, 0.25) is 0 Å². The van der Waals surface area contributed by atoms with Gasteiger partial charge >= 0.3 is 5.97 Å². The zero-order valence-electron chi connectivity index (χ0n) is 11.4. The van der Waals surface area contributed by atoms with Crippen LogP contribution in [-0.4, -0.2) is 22.7 Å². The number of benzene rings is 1. The first kappa shape index (κ1) is 15.6. The van der Waals surface area contributed by atoms with Crippen LogP contribution in [0.3, 0.4) is 0 Å². The smallest absolute Gasteiger partial charge is 0.313 e. The summed E-state index contributed by atoms with van der Waals surface area (Å²) in [5.41, 5.74) is 1.31. The van der Waals surface area contributed by atoms with E-state index >= 15 is 0 Å². The summed E-state index contributed by atoms with van der Waals surface area (Å²) in [6.45, 7) is 5.57. The number of aliphatic carboxylic acids is 1. The number of carbonyl (C=O) groups excluding carboxylic acids is 1. The number of hydrogen-bond acceptors (Lipinski definition) is 3. The molecule has 0 aliphatic heterocycles. The molecule has 0 atom stereocenters. The van der Waals surface area contributed by atoms with Crippen LogP contribution >= 0.6 is 11.8 Å². The Balaban J connectivity index is 2.62. The molecule has 0 fully saturated rings. The molecule has 0 bridgehead atoms. The number of carboxylic acid groups (broad SMARTS) is 1. The van der Waals surface area contributed by atoms with Crippen molar-refractivity contribution in [1.29, 1.82) is 0 Å². The van der Waals surface area contributed by atoms with Gasteiger partial charge < -0.3 is 10.4 Å². The van der Waals surface area contributed by atoms with E-state index in [1.54, 1.807) is 0 Å². The van der Waals surface area contributed by atoms with Gasteiger partial charge in [0.2, 0.25) is 5.91 Å². The maximum absolute atomic E-state index is 11.9. The second-order valence-corrected chi connectivity index (χ2v) is 6.28. The van der Waals surface area contributed by atoms with Gasteiger partial charge in [0.05, 0.1) is 5.75 Å². The number of rotatable bonds is 5. The van der Waals surface area contributed by atoms with Crippen LogP contribution in [-0.2, 0) is 15.3 Å². The molecule has 0 radical (unpaired) electrons. The Morgan fingerprint density at radius 2 is 2.00 bits per heavy atom. The third-order valence-corrected chi connectivity index (χ3v) is 3.35. The molecular weight excluding hydrogens is 262 g/mol. The van der Waals surface area contributed by atoms with Gasteiger partial charge in [0.15, 0.2) is 0 Å². The number of amides is 1. The van der Waals surface area contributed by atoms with Crippen LogP contribution in [0.4, 0.5) is 5.69 Å². The number of nitrogens with one attached hydrogen (secondary N) is 1. The fourth-order valence-corrected chi connectivity index (χ4v) is 2.01. The maximum atomic E-state index is 11.9. The summed E-state index contributed by atoms with van der Waals surface area (Å²) in [5.74, 6) is -0.158. The van der Waals surface area contributed by atoms with Crippen LogP contribution in [0.5, 0.6) is 0 Å². The maximum Gasteiger partial charge on any atom is 0.313 e. The molecule has 0 aliphatic rings. The van der Waals surface area contributed by atoms with Gasteiger partial charge in [-0.2, -0.15) is 0 Å². The third kappa shape index (κ3) is 5.79. The van der Waals surface area contributed by atoms with Crippen molar-refractivity contribution in [2.45, 2.75) is 26.5 Å². The molecule has 0 aromatic heterocycles. The fraction of sp³-hybridized carbons (Fsp3) is 0.429. The quantitative estimate of drug-likeness (QED) is 0.870. The van der Waals surface area contributed by atoms with Crippen molar-refractivity contribution in [1.82, 2.24) is 0 Å². The lowest BCUT2D eigenvalue weighted by Crippen LogP contribution is -2.27. The molecule has 0 saturated heterocycles. The molecule has 104 valence electrons. The molecule has 1 aromatic carbocycles. The Morgan fingerprint density at radius 3 is 2.58 bits per heavy atom. The molecule has 0 spiro atoms. The van der Waals surface area contributed by atoms with Gasteiger partial charge in [-0.3, -0.25) is 9.59 Å². The van der Waals surface area contributed by atoms with Gasteiger partial charge in [-0.1, -0.05) is 32.9 Å². The molecule has 0 saturated carbocycles. The highest BCUT2D eigenvalue weighted by Crippen LogP contribution is 2.20. The van der Waals surface area contributed by atoms with Gasteiger partial charge in [-0.25, -0.2) is 0 Å². The second kappa shape index (κ2) is 6.61. The van der Waals surface area contributed by atoms with Crippen molar-refractivity contribution in [2.24, 2.45) is 5.41 Å². The van der Waals surface area contributed by atoms with E-state index in [1.165, 1.54) is 11.8 Å². The van der Waals surface area contributed by atoms with Gasteiger partial charge in [0.25, 0.3) is 0 Å². The normalized spacial score (nSPS) is 11.1. The first-order valence-electron chi connectivity index (χ1n) is 5.99. The predicted molar refractivity (Wildman–Crippen MR) is 78.3 cm³/mol. The lowest BCUT2D eigenvalue weighted by atomic mass is 9.95. The SMILES string of the molecule is CC(C)(C)C(=O)Nc1cccc(CSCC(=O)O)c1. The molecule has 19 heavy (non-hydrogen) atoms. The number of anilines is 1. The van der Waals surface area contributed by atoms with E-state index in [1.807, 2.05) is 45.0 Å². The van der Waals surface area contributed by atoms with E-state index in [0.29, 0.717) is 5.75 Å². The van der Waals surface area contributed by atoms with Crippen molar-refractivity contribution >= 4 is 29.3 Å². The minimum absolute atomic E-state index is 0.0390. The van der Waals surface area contributed by atoms with E-state index in [-0.39, 0.29) is 11.7 Å². The summed E-state index contributed by atoms with van der Waals surface area (Å²) in [4.78, 5) is 22.3. The molecule has 1 rings (SSSR count). The summed E-state index contributed by atoms with van der Waals surface area (Å²) >= 11 is 1.34. The van der Waals surface area contributed by atoms with Crippen LogP contribution < -0.4 is 5.32 Å².